The van der Waals surface area contributed by atoms with Crippen LogP contribution in [0.2, 0.25) is 0 Å². The molecule has 1 aliphatic heterocycles. The van der Waals surface area contributed by atoms with Crippen LogP contribution >= 0.6 is 11.8 Å². The number of rotatable bonds is 1. The normalized spacial score (nSPS) is 14.7. The van der Waals surface area contributed by atoms with Crippen LogP contribution in [0.4, 0.5) is 0 Å². The van der Waals surface area contributed by atoms with Gasteiger partial charge in [-0.15, -0.1) is 0 Å². The van der Waals surface area contributed by atoms with Crippen molar-refractivity contribution in [2.45, 2.75) is 6.92 Å². The number of aryl methyl sites for hydroxylation is 1. The average molecular weight is 274 g/mol. The predicted octanol–water partition coefficient (Wildman–Crippen LogP) is 1.49. The minimum absolute atomic E-state index is 0.0848. The molecular weight excluding hydrogens is 256 g/mol. The van der Waals surface area contributed by atoms with E-state index in [2.05, 4.69) is 11.8 Å². The molecule has 1 heterocycles. The van der Waals surface area contributed by atoms with Crippen molar-refractivity contribution in [2.75, 3.05) is 31.1 Å². The van der Waals surface area contributed by atoms with Gasteiger partial charge >= 0.3 is 0 Å². The van der Waals surface area contributed by atoms with Crippen LogP contribution in [0, 0.1) is 18.8 Å². The van der Waals surface area contributed by atoms with Crippen LogP contribution in [0.15, 0.2) is 18.2 Å². The molecule has 0 radical (unpaired) electrons. The number of amides is 1. The van der Waals surface area contributed by atoms with Crippen LogP contribution in [0.1, 0.15) is 21.5 Å². The van der Waals surface area contributed by atoms with Gasteiger partial charge in [0.2, 0.25) is 0 Å². The fourth-order valence-electron chi connectivity index (χ4n) is 2.03. The van der Waals surface area contributed by atoms with Gasteiger partial charge in [0.25, 0.3) is 5.91 Å². The molecule has 1 amide bonds. The second-order valence-corrected chi connectivity index (χ2v) is 5.68. The maximum absolute atomic E-state index is 12.5. The van der Waals surface area contributed by atoms with E-state index in [0.717, 1.165) is 35.7 Å². The SMILES string of the molecule is Cc1ccc(C(=O)N2CCSCC2)c(C#CCN)c1. The minimum atomic E-state index is 0.0848. The van der Waals surface area contributed by atoms with Gasteiger partial charge in [0.1, 0.15) is 0 Å². The Morgan fingerprint density at radius 3 is 2.84 bits per heavy atom. The number of carbonyl (C=O) groups excluding carboxylic acids is 1. The number of hydrogen-bond acceptors (Lipinski definition) is 3. The number of benzene rings is 1. The molecule has 0 unspecified atom stereocenters. The van der Waals surface area contributed by atoms with Gasteiger partial charge in [-0.3, -0.25) is 4.79 Å². The lowest BCUT2D eigenvalue weighted by molar-refractivity contribution is 0.0772. The Labute approximate surface area is 118 Å². The van der Waals surface area contributed by atoms with Gasteiger partial charge in [0.05, 0.1) is 12.1 Å². The molecule has 0 aliphatic carbocycles. The highest BCUT2D eigenvalue weighted by molar-refractivity contribution is 7.99. The Kier molecular flexibility index (Phi) is 4.89. The fraction of sp³-hybridized carbons (Fsp3) is 0.400. The molecule has 100 valence electrons. The number of hydrogen-bond donors (Lipinski definition) is 1. The van der Waals surface area contributed by atoms with Crippen LogP contribution in [0.3, 0.4) is 0 Å². The molecule has 1 saturated heterocycles. The van der Waals surface area contributed by atoms with Crippen molar-refractivity contribution >= 4 is 17.7 Å². The topological polar surface area (TPSA) is 46.3 Å². The molecule has 1 aromatic rings. The largest absolute Gasteiger partial charge is 0.337 e. The first-order valence-corrected chi connectivity index (χ1v) is 7.54. The molecule has 2 N–H and O–H groups in total. The van der Waals surface area contributed by atoms with Crippen molar-refractivity contribution in [2.24, 2.45) is 5.73 Å². The van der Waals surface area contributed by atoms with E-state index in [1.807, 2.05) is 41.8 Å². The summed E-state index contributed by atoms with van der Waals surface area (Å²) in [5.74, 6) is 7.95. The maximum Gasteiger partial charge on any atom is 0.255 e. The minimum Gasteiger partial charge on any atom is -0.337 e. The lowest BCUT2D eigenvalue weighted by Gasteiger charge is -2.26. The quantitative estimate of drug-likeness (QED) is 0.789. The van der Waals surface area contributed by atoms with Crippen molar-refractivity contribution in [3.8, 4) is 11.8 Å². The molecule has 0 aromatic heterocycles. The Balaban J connectivity index is 2.29. The summed E-state index contributed by atoms with van der Waals surface area (Å²) < 4.78 is 0. The van der Waals surface area contributed by atoms with Crippen molar-refractivity contribution < 1.29 is 4.79 Å². The summed E-state index contributed by atoms with van der Waals surface area (Å²) in [7, 11) is 0. The standard InChI is InChI=1S/C15H18N2OS/c1-12-4-5-14(13(11-12)3-2-6-16)15(18)17-7-9-19-10-8-17/h4-5,11H,6-10,16H2,1H3. The Morgan fingerprint density at radius 1 is 1.42 bits per heavy atom. The predicted molar refractivity (Wildman–Crippen MR) is 80.3 cm³/mol. The van der Waals surface area contributed by atoms with E-state index >= 15 is 0 Å². The summed E-state index contributed by atoms with van der Waals surface area (Å²) in [5.41, 5.74) is 7.99. The molecule has 1 aromatic carbocycles. The van der Waals surface area contributed by atoms with Crippen molar-refractivity contribution in [3.05, 3.63) is 34.9 Å². The Morgan fingerprint density at radius 2 is 2.16 bits per heavy atom. The monoisotopic (exact) mass is 274 g/mol. The van der Waals surface area contributed by atoms with E-state index in [0.29, 0.717) is 12.1 Å². The maximum atomic E-state index is 12.5. The first-order chi connectivity index (χ1) is 9.22. The van der Waals surface area contributed by atoms with Gasteiger partial charge in [0.15, 0.2) is 0 Å². The molecular formula is C15H18N2OS. The molecule has 0 spiro atoms. The number of nitrogens with zero attached hydrogens (tertiary/aromatic N) is 1. The van der Waals surface area contributed by atoms with E-state index < -0.39 is 0 Å². The highest BCUT2D eigenvalue weighted by Crippen LogP contribution is 2.17. The lowest BCUT2D eigenvalue weighted by Crippen LogP contribution is -2.38. The molecule has 19 heavy (non-hydrogen) atoms. The smallest absolute Gasteiger partial charge is 0.255 e. The zero-order chi connectivity index (χ0) is 13.7. The lowest BCUT2D eigenvalue weighted by atomic mass is 10.0. The van der Waals surface area contributed by atoms with Gasteiger partial charge in [-0.05, 0) is 24.6 Å². The zero-order valence-corrected chi connectivity index (χ0v) is 11.9. The molecule has 0 saturated carbocycles. The summed E-state index contributed by atoms with van der Waals surface area (Å²) in [4.78, 5) is 14.4. The second kappa shape index (κ2) is 6.65. The van der Waals surface area contributed by atoms with E-state index in [4.69, 9.17) is 5.73 Å². The Hall–Kier alpha value is -1.44. The molecule has 0 atom stereocenters. The summed E-state index contributed by atoms with van der Waals surface area (Å²) in [6, 6.07) is 5.79. The van der Waals surface area contributed by atoms with E-state index in [1.165, 1.54) is 0 Å². The van der Waals surface area contributed by atoms with Gasteiger partial charge in [0, 0.05) is 30.2 Å². The van der Waals surface area contributed by atoms with E-state index in [-0.39, 0.29) is 5.91 Å². The Bertz CT molecular complexity index is 525. The highest BCUT2D eigenvalue weighted by Gasteiger charge is 2.20. The fourth-order valence-corrected chi connectivity index (χ4v) is 2.93. The summed E-state index contributed by atoms with van der Waals surface area (Å²) in [6.07, 6.45) is 0. The third-order valence-electron chi connectivity index (χ3n) is 3.03. The molecule has 3 nitrogen and oxygen atoms in total. The molecule has 0 bridgehead atoms. The number of carbonyl (C=O) groups is 1. The van der Waals surface area contributed by atoms with Gasteiger partial charge < -0.3 is 10.6 Å². The molecule has 4 heteroatoms. The molecule has 2 rings (SSSR count). The van der Waals surface area contributed by atoms with Gasteiger partial charge in [-0.1, -0.05) is 17.9 Å². The van der Waals surface area contributed by atoms with Crippen LogP contribution < -0.4 is 5.73 Å². The third kappa shape index (κ3) is 3.52. The first-order valence-electron chi connectivity index (χ1n) is 6.39. The molecule has 1 aliphatic rings. The average Bonchev–Trinajstić information content (AvgIpc) is 2.45. The van der Waals surface area contributed by atoms with Crippen molar-refractivity contribution in [1.82, 2.24) is 4.90 Å². The summed E-state index contributed by atoms with van der Waals surface area (Å²) in [5, 5.41) is 0. The highest BCUT2D eigenvalue weighted by atomic mass is 32.2. The van der Waals surface area contributed by atoms with Gasteiger partial charge in [-0.2, -0.15) is 11.8 Å². The van der Waals surface area contributed by atoms with Gasteiger partial charge in [-0.25, -0.2) is 0 Å². The van der Waals surface area contributed by atoms with E-state index in [1.54, 1.807) is 0 Å². The third-order valence-corrected chi connectivity index (χ3v) is 3.97. The van der Waals surface area contributed by atoms with Crippen LogP contribution in [0.5, 0.6) is 0 Å². The van der Waals surface area contributed by atoms with Crippen LogP contribution in [-0.4, -0.2) is 41.9 Å². The summed E-state index contributed by atoms with van der Waals surface area (Å²) >= 11 is 1.89. The van der Waals surface area contributed by atoms with Crippen molar-refractivity contribution in [3.63, 3.8) is 0 Å². The summed E-state index contributed by atoms with van der Waals surface area (Å²) in [6.45, 7) is 3.95. The van der Waals surface area contributed by atoms with Crippen molar-refractivity contribution in [1.29, 1.82) is 0 Å². The number of thioether (sulfide) groups is 1. The van der Waals surface area contributed by atoms with Crippen LogP contribution in [-0.2, 0) is 0 Å². The second-order valence-electron chi connectivity index (χ2n) is 4.46. The number of nitrogens with two attached hydrogens (primary N) is 1. The molecule has 1 fully saturated rings. The zero-order valence-electron chi connectivity index (χ0n) is 11.1. The first kappa shape index (κ1) is 14.0. The van der Waals surface area contributed by atoms with E-state index in [9.17, 15) is 4.79 Å². The van der Waals surface area contributed by atoms with Crippen LogP contribution in [0.25, 0.3) is 0 Å².